The van der Waals surface area contributed by atoms with Gasteiger partial charge in [-0.2, -0.15) is 0 Å². The van der Waals surface area contributed by atoms with Crippen molar-refractivity contribution in [1.29, 1.82) is 0 Å². The number of hydrogen-bond donors (Lipinski definition) is 0. The van der Waals surface area contributed by atoms with Crippen molar-refractivity contribution in [3.63, 3.8) is 0 Å². The lowest BCUT2D eigenvalue weighted by atomic mass is 9.64. The van der Waals surface area contributed by atoms with Crippen LogP contribution in [0, 0.1) is 5.41 Å². The van der Waals surface area contributed by atoms with E-state index in [1.54, 1.807) is 24.3 Å². The van der Waals surface area contributed by atoms with Gasteiger partial charge < -0.3 is 4.90 Å². The van der Waals surface area contributed by atoms with Crippen LogP contribution in [0.3, 0.4) is 0 Å². The number of hydrogen-bond acceptors (Lipinski definition) is 4. The predicted molar refractivity (Wildman–Crippen MR) is 157 cm³/mol. The second-order valence-corrected chi connectivity index (χ2v) is 11.3. The summed E-state index contributed by atoms with van der Waals surface area (Å²) in [6.45, 7) is 4.27. The van der Waals surface area contributed by atoms with Crippen molar-refractivity contribution in [1.82, 2.24) is 0 Å². The monoisotopic (exact) mass is 523 g/mol. The van der Waals surface area contributed by atoms with Gasteiger partial charge in [0.1, 0.15) is 11.5 Å². The fraction of sp³-hybridized carbons (Fsp3) is 0.194. The summed E-state index contributed by atoms with van der Waals surface area (Å²) < 4.78 is 0. The minimum Gasteiger partial charge on any atom is -0.352 e. The maximum atomic E-state index is 14.7. The van der Waals surface area contributed by atoms with Crippen LogP contribution < -0.4 is 4.90 Å². The third-order valence-electron chi connectivity index (χ3n) is 9.00. The molecule has 0 saturated carbocycles. The standard InChI is InChI=1S/C36H29NO3/c1-22(2)23-16-18-25(19-17-23)31-32(33(38)26-11-4-3-5-12-26)37-29-15-9-6-10-24(29)20-21-30(37)36(31)34(39)27-13-7-8-14-28(27)35(36)40/h3-22,30-32H,1-2H3/t30?,31-,32+/m0/s1. The Morgan fingerprint density at radius 1 is 0.750 bits per heavy atom. The van der Waals surface area contributed by atoms with Gasteiger partial charge in [0.25, 0.3) is 0 Å². The summed E-state index contributed by atoms with van der Waals surface area (Å²) in [5, 5.41) is 0. The van der Waals surface area contributed by atoms with E-state index >= 15 is 0 Å². The van der Waals surface area contributed by atoms with E-state index in [9.17, 15) is 14.4 Å². The molecule has 3 atom stereocenters. The smallest absolute Gasteiger partial charge is 0.185 e. The van der Waals surface area contributed by atoms with Crippen LogP contribution in [0.1, 0.15) is 73.4 Å². The number of Topliss-reactive ketones (excluding diaryl/α,β-unsaturated/α-hetero) is 3. The number of rotatable bonds is 4. The molecular weight excluding hydrogens is 494 g/mol. The average molecular weight is 524 g/mol. The molecule has 1 fully saturated rings. The largest absolute Gasteiger partial charge is 0.352 e. The predicted octanol–water partition coefficient (Wildman–Crippen LogP) is 7.13. The molecule has 40 heavy (non-hydrogen) atoms. The van der Waals surface area contributed by atoms with Crippen molar-refractivity contribution in [3.8, 4) is 0 Å². The van der Waals surface area contributed by atoms with Crippen LogP contribution >= 0.6 is 0 Å². The van der Waals surface area contributed by atoms with E-state index < -0.39 is 23.4 Å². The molecule has 4 heteroatoms. The summed E-state index contributed by atoms with van der Waals surface area (Å²) in [6, 6.07) is 31.1. The van der Waals surface area contributed by atoms with Gasteiger partial charge in [-0.15, -0.1) is 0 Å². The zero-order valence-electron chi connectivity index (χ0n) is 22.5. The fourth-order valence-corrected chi connectivity index (χ4v) is 7.15. The Morgan fingerprint density at radius 3 is 2.00 bits per heavy atom. The van der Waals surface area contributed by atoms with Gasteiger partial charge in [0.15, 0.2) is 17.3 Å². The molecule has 0 bridgehead atoms. The van der Waals surface area contributed by atoms with Gasteiger partial charge in [-0.1, -0.05) is 123 Å². The lowest BCUT2D eigenvalue weighted by Gasteiger charge is -2.37. The number of anilines is 1. The molecule has 3 aliphatic rings. The second-order valence-electron chi connectivity index (χ2n) is 11.3. The van der Waals surface area contributed by atoms with E-state index in [2.05, 4.69) is 30.9 Å². The molecule has 0 aromatic heterocycles. The Hall–Kier alpha value is -4.57. The van der Waals surface area contributed by atoms with Crippen LogP contribution in [0.5, 0.6) is 0 Å². The normalized spacial score (nSPS) is 22.0. The number of fused-ring (bicyclic) bond motifs is 5. The molecule has 0 N–H and O–H groups in total. The number of ketones is 3. The molecule has 2 heterocycles. The zero-order chi connectivity index (χ0) is 27.6. The molecule has 4 aromatic carbocycles. The lowest BCUT2D eigenvalue weighted by Crippen LogP contribution is -2.48. The second kappa shape index (κ2) is 8.99. The Labute approximate surface area is 234 Å². The van der Waals surface area contributed by atoms with Crippen molar-refractivity contribution in [2.45, 2.75) is 37.8 Å². The van der Waals surface area contributed by atoms with Gasteiger partial charge in [-0.3, -0.25) is 14.4 Å². The van der Waals surface area contributed by atoms with Crippen LogP contribution in [0.15, 0.2) is 109 Å². The van der Waals surface area contributed by atoms with Crippen LogP contribution in [0.4, 0.5) is 5.69 Å². The molecule has 0 radical (unpaired) electrons. The molecule has 1 unspecified atom stereocenters. The first-order chi connectivity index (χ1) is 19.4. The Kier molecular flexibility index (Phi) is 5.50. The quantitative estimate of drug-likeness (QED) is 0.211. The van der Waals surface area contributed by atoms with Crippen molar-refractivity contribution < 1.29 is 14.4 Å². The van der Waals surface area contributed by atoms with Crippen LogP contribution in [0.2, 0.25) is 0 Å². The van der Waals surface area contributed by atoms with Gasteiger partial charge in [0.2, 0.25) is 0 Å². The summed E-state index contributed by atoms with van der Waals surface area (Å²) in [5.41, 5.74) is 3.79. The third-order valence-corrected chi connectivity index (χ3v) is 9.00. The first kappa shape index (κ1) is 24.5. The van der Waals surface area contributed by atoms with Crippen molar-refractivity contribution >= 4 is 29.1 Å². The fourth-order valence-electron chi connectivity index (χ4n) is 7.15. The SMILES string of the molecule is CC(C)c1ccc([C@H]2[C@H](C(=O)c3ccccc3)N3c4ccccc4C=CC3C23C(=O)c2ccccc2C3=O)cc1. The zero-order valence-corrected chi connectivity index (χ0v) is 22.5. The molecule has 0 amide bonds. The third kappa shape index (κ3) is 3.22. The van der Waals surface area contributed by atoms with E-state index in [0.717, 1.165) is 22.4 Å². The number of nitrogens with zero attached hydrogens (tertiary/aromatic N) is 1. The lowest BCUT2D eigenvalue weighted by molar-refractivity contribution is 0.0666. The van der Waals surface area contributed by atoms with Crippen molar-refractivity contribution in [3.05, 3.63) is 143 Å². The van der Waals surface area contributed by atoms with E-state index in [0.29, 0.717) is 22.6 Å². The molecule has 4 aromatic rings. The minimum absolute atomic E-state index is 0.0953. The Morgan fingerprint density at radius 2 is 1.35 bits per heavy atom. The molecule has 7 rings (SSSR count). The highest BCUT2D eigenvalue weighted by molar-refractivity contribution is 6.32. The molecule has 4 nitrogen and oxygen atoms in total. The summed E-state index contributed by atoms with van der Waals surface area (Å²) in [5.74, 6) is -0.855. The number of carbonyl (C=O) groups excluding carboxylic acids is 3. The number of carbonyl (C=O) groups is 3. The summed E-state index contributed by atoms with van der Waals surface area (Å²) in [4.78, 5) is 46.0. The van der Waals surface area contributed by atoms with Gasteiger partial charge in [0.05, 0.1) is 6.04 Å². The van der Waals surface area contributed by atoms with E-state index in [1.165, 1.54) is 0 Å². The average Bonchev–Trinajstić information content (AvgIpc) is 3.43. The molecule has 196 valence electrons. The van der Waals surface area contributed by atoms with E-state index in [1.807, 2.05) is 78.9 Å². The first-order valence-electron chi connectivity index (χ1n) is 13.9. The van der Waals surface area contributed by atoms with Crippen LogP contribution in [-0.2, 0) is 0 Å². The maximum absolute atomic E-state index is 14.7. The number of benzene rings is 4. The summed E-state index contributed by atoms with van der Waals surface area (Å²) in [6.07, 6.45) is 3.97. The molecule has 1 saturated heterocycles. The van der Waals surface area contributed by atoms with E-state index in [4.69, 9.17) is 0 Å². The van der Waals surface area contributed by atoms with Gasteiger partial charge in [0, 0.05) is 28.3 Å². The summed E-state index contributed by atoms with van der Waals surface area (Å²) in [7, 11) is 0. The Balaban J connectivity index is 1.54. The van der Waals surface area contributed by atoms with Gasteiger partial charge >= 0.3 is 0 Å². The van der Waals surface area contributed by atoms with Crippen LogP contribution in [-0.4, -0.2) is 29.4 Å². The highest BCUT2D eigenvalue weighted by atomic mass is 16.2. The Bertz CT molecular complexity index is 1660. The summed E-state index contributed by atoms with van der Waals surface area (Å²) >= 11 is 0. The maximum Gasteiger partial charge on any atom is 0.185 e. The first-order valence-corrected chi connectivity index (χ1v) is 13.9. The van der Waals surface area contributed by atoms with E-state index in [-0.39, 0.29) is 17.3 Å². The number of para-hydroxylation sites is 1. The van der Waals surface area contributed by atoms with Crippen molar-refractivity contribution in [2.75, 3.05) is 4.90 Å². The topological polar surface area (TPSA) is 54.5 Å². The molecular formula is C36H29NO3. The molecule has 2 aliphatic heterocycles. The van der Waals surface area contributed by atoms with Gasteiger partial charge in [-0.05, 0) is 28.7 Å². The molecule has 1 spiro atoms. The highest BCUT2D eigenvalue weighted by Crippen LogP contribution is 2.61. The van der Waals surface area contributed by atoms with Crippen LogP contribution in [0.25, 0.3) is 6.08 Å². The highest BCUT2D eigenvalue weighted by Gasteiger charge is 2.71. The molecule has 1 aliphatic carbocycles. The minimum atomic E-state index is -1.47. The van der Waals surface area contributed by atoms with Gasteiger partial charge in [-0.25, -0.2) is 0 Å². The van der Waals surface area contributed by atoms with Crippen molar-refractivity contribution in [2.24, 2.45) is 5.41 Å².